The van der Waals surface area contributed by atoms with Crippen molar-refractivity contribution in [1.29, 1.82) is 0 Å². The fourth-order valence-electron chi connectivity index (χ4n) is 5.56. The van der Waals surface area contributed by atoms with Gasteiger partial charge in [0.2, 0.25) is 5.69 Å². The predicted molar refractivity (Wildman–Crippen MR) is 159 cm³/mol. The van der Waals surface area contributed by atoms with Crippen molar-refractivity contribution in [2.75, 3.05) is 0 Å². The number of rotatable bonds is 4. The molecule has 0 spiro atoms. The molecule has 0 aliphatic heterocycles. The Kier molecular flexibility index (Phi) is 6.10. The summed E-state index contributed by atoms with van der Waals surface area (Å²) in [5, 5.41) is 1.91. The Hall–Kier alpha value is -4.24. The normalized spacial score (nSPS) is 11.9. The summed E-state index contributed by atoms with van der Waals surface area (Å²) in [6.45, 7) is 8.88. The number of halogens is 1. The van der Waals surface area contributed by atoms with Crippen molar-refractivity contribution in [2.24, 2.45) is 12.5 Å². The van der Waals surface area contributed by atoms with Crippen LogP contribution in [0, 0.1) is 18.2 Å². The Morgan fingerprint density at radius 3 is 2.18 bits per heavy atom. The summed E-state index contributed by atoms with van der Waals surface area (Å²) in [6.07, 6.45) is 3.10. The van der Waals surface area contributed by atoms with Crippen molar-refractivity contribution in [3.63, 3.8) is 0 Å². The zero-order valence-electron chi connectivity index (χ0n) is 23.2. The molecule has 6 aromatic rings. The lowest BCUT2D eigenvalue weighted by atomic mass is 9.87. The fraction of sp³-hybridized carbons (Fsp3) is 0.194. The van der Waals surface area contributed by atoms with E-state index in [4.69, 9.17) is 4.42 Å². The molecule has 39 heavy (non-hydrogen) atoms. The summed E-state index contributed by atoms with van der Waals surface area (Å²) in [5.41, 5.74) is 9.77. The maximum Gasteiger partial charge on any atom is 0.216 e. The third-order valence-corrected chi connectivity index (χ3v) is 7.45. The molecule has 2 heterocycles. The molecule has 2 nitrogen and oxygen atoms in total. The van der Waals surface area contributed by atoms with Gasteiger partial charge in [-0.2, -0.15) is 0 Å². The largest absolute Gasteiger partial charge is 0.455 e. The molecule has 0 unspecified atom stereocenters. The number of furan rings is 1. The van der Waals surface area contributed by atoms with Crippen LogP contribution in [-0.2, 0) is 13.5 Å². The van der Waals surface area contributed by atoms with Crippen LogP contribution in [0.1, 0.15) is 31.9 Å². The van der Waals surface area contributed by atoms with E-state index in [2.05, 4.69) is 81.9 Å². The smallest absolute Gasteiger partial charge is 0.216 e. The molecule has 0 radical (unpaired) electrons. The van der Waals surface area contributed by atoms with Gasteiger partial charge in [-0.05, 0) is 52.6 Å². The van der Waals surface area contributed by atoms with E-state index in [1.807, 2.05) is 48.5 Å². The van der Waals surface area contributed by atoms with Gasteiger partial charge < -0.3 is 4.42 Å². The van der Waals surface area contributed by atoms with Crippen LogP contribution in [-0.4, -0.2) is 0 Å². The standard InChI is InChI=1S/C36H33FNO/c1-23-11-16-28-30-20-29(27-14-12-26(13-15-27)25-9-7-6-8-10-25)31(37)21-33(30)39-35(28)34(23)32-19-24(17-18-38(32)5)22-36(2,3)4/h6-21H,22H2,1-5H3/q+1. The highest BCUT2D eigenvalue weighted by molar-refractivity contribution is 6.10. The van der Waals surface area contributed by atoms with E-state index in [0.717, 1.165) is 56.3 Å². The quantitative estimate of drug-likeness (QED) is 0.214. The van der Waals surface area contributed by atoms with Crippen molar-refractivity contribution < 1.29 is 13.4 Å². The second-order valence-electron chi connectivity index (χ2n) is 11.8. The van der Waals surface area contributed by atoms with E-state index in [9.17, 15) is 0 Å². The minimum atomic E-state index is -0.287. The van der Waals surface area contributed by atoms with Crippen LogP contribution < -0.4 is 4.57 Å². The van der Waals surface area contributed by atoms with Crippen molar-refractivity contribution in [2.45, 2.75) is 34.1 Å². The van der Waals surface area contributed by atoms with Crippen molar-refractivity contribution >= 4 is 21.9 Å². The van der Waals surface area contributed by atoms with Gasteiger partial charge in [-0.1, -0.05) is 87.5 Å². The molecule has 2 aromatic heterocycles. The van der Waals surface area contributed by atoms with Crippen LogP contribution in [0.5, 0.6) is 0 Å². The number of nitrogens with zero attached hydrogens (tertiary/aromatic N) is 1. The summed E-state index contributed by atoms with van der Waals surface area (Å²) in [7, 11) is 2.06. The Balaban J connectivity index is 1.48. The fourth-order valence-corrected chi connectivity index (χ4v) is 5.56. The van der Waals surface area contributed by atoms with E-state index < -0.39 is 0 Å². The highest BCUT2D eigenvalue weighted by Gasteiger charge is 2.23. The Labute approximate surface area is 229 Å². The monoisotopic (exact) mass is 514 g/mol. The number of aryl methyl sites for hydroxylation is 2. The molecule has 0 atom stereocenters. The zero-order chi connectivity index (χ0) is 27.3. The Bertz CT molecular complexity index is 1820. The maximum atomic E-state index is 15.5. The summed E-state index contributed by atoms with van der Waals surface area (Å²) < 4.78 is 24.0. The van der Waals surface area contributed by atoms with Gasteiger partial charge in [0, 0.05) is 34.5 Å². The first kappa shape index (κ1) is 25.1. The van der Waals surface area contributed by atoms with Gasteiger partial charge in [0.1, 0.15) is 24.0 Å². The van der Waals surface area contributed by atoms with Crippen LogP contribution in [0.3, 0.4) is 0 Å². The van der Waals surface area contributed by atoms with Crippen LogP contribution in [0.25, 0.3) is 55.4 Å². The number of aromatic nitrogens is 1. The molecule has 0 aliphatic carbocycles. The zero-order valence-corrected chi connectivity index (χ0v) is 23.2. The molecule has 6 rings (SSSR count). The molecule has 3 heteroatoms. The summed E-state index contributed by atoms with van der Waals surface area (Å²) in [5.74, 6) is -0.287. The van der Waals surface area contributed by atoms with Gasteiger partial charge in [-0.15, -0.1) is 0 Å². The van der Waals surface area contributed by atoms with E-state index in [1.54, 1.807) is 0 Å². The second-order valence-corrected chi connectivity index (χ2v) is 11.8. The maximum absolute atomic E-state index is 15.5. The Morgan fingerprint density at radius 2 is 1.46 bits per heavy atom. The van der Waals surface area contributed by atoms with Crippen LogP contribution >= 0.6 is 0 Å². The topological polar surface area (TPSA) is 17.0 Å². The van der Waals surface area contributed by atoms with Gasteiger partial charge in [0.25, 0.3) is 0 Å². The molecular formula is C36H33FNO+. The predicted octanol–water partition coefficient (Wildman–Crippen LogP) is 9.45. The van der Waals surface area contributed by atoms with Crippen LogP contribution in [0.15, 0.2) is 102 Å². The summed E-state index contributed by atoms with van der Waals surface area (Å²) in [4.78, 5) is 0. The van der Waals surface area contributed by atoms with Crippen molar-refractivity contribution in [1.82, 2.24) is 0 Å². The van der Waals surface area contributed by atoms with Gasteiger partial charge in [-0.25, -0.2) is 8.96 Å². The summed E-state index contributed by atoms with van der Waals surface area (Å²) >= 11 is 0. The highest BCUT2D eigenvalue weighted by atomic mass is 19.1. The van der Waals surface area contributed by atoms with E-state index in [-0.39, 0.29) is 11.2 Å². The lowest BCUT2D eigenvalue weighted by molar-refractivity contribution is -0.660. The molecule has 0 saturated heterocycles. The molecule has 0 bridgehead atoms. The first-order chi connectivity index (χ1) is 18.7. The second kappa shape index (κ2) is 9.50. The molecule has 0 aliphatic rings. The van der Waals surface area contributed by atoms with Crippen molar-refractivity contribution in [3.05, 3.63) is 114 Å². The first-order valence-corrected chi connectivity index (χ1v) is 13.5. The number of hydrogen-bond donors (Lipinski definition) is 0. The van der Waals surface area contributed by atoms with Gasteiger partial charge in [-0.3, -0.25) is 0 Å². The van der Waals surface area contributed by atoms with E-state index in [1.165, 1.54) is 11.6 Å². The van der Waals surface area contributed by atoms with Crippen molar-refractivity contribution in [3.8, 4) is 33.5 Å². The number of hydrogen-bond acceptors (Lipinski definition) is 1. The third kappa shape index (κ3) is 4.74. The minimum Gasteiger partial charge on any atom is -0.455 e. The molecule has 194 valence electrons. The SMILES string of the molecule is Cc1ccc2c(oc3cc(F)c(-c4ccc(-c5ccccc5)cc4)cc32)c1-c1cc(CC(C)(C)C)cc[n+]1C. The third-order valence-electron chi connectivity index (χ3n) is 7.45. The average Bonchev–Trinajstić information content (AvgIpc) is 3.26. The molecule has 0 amide bonds. The summed E-state index contributed by atoms with van der Waals surface area (Å²) in [6, 6.07) is 30.5. The highest BCUT2D eigenvalue weighted by Crippen LogP contribution is 2.40. The van der Waals surface area contributed by atoms with Gasteiger partial charge in [0.05, 0.1) is 5.56 Å². The molecule has 0 fully saturated rings. The number of fused-ring (bicyclic) bond motifs is 3. The molecule has 0 saturated carbocycles. The number of benzene rings is 4. The lowest BCUT2D eigenvalue weighted by Crippen LogP contribution is -2.31. The number of pyridine rings is 1. The van der Waals surface area contributed by atoms with Gasteiger partial charge in [0.15, 0.2) is 6.20 Å². The van der Waals surface area contributed by atoms with E-state index in [0.29, 0.717) is 11.1 Å². The van der Waals surface area contributed by atoms with Crippen LogP contribution in [0.4, 0.5) is 4.39 Å². The van der Waals surface area contributed by atoms with Gasteiger partial charge >= 0.3 is 0 Å². The Morgan fingerprint density at radius 1 is 0.769 bits per heavy atom. The molecule has 0 N–H and O–H groups in total. The molecular weight excluding hydrogens is 481 g/mol. The lowest BCUT2D eigenvalue weighted by Gasteiger charge is -2.18. The molecule has 4 aromatic carbocycles. The van der Waals surface area contributed by atoms with E-state index >= 15 is 4.39 Å². The minimum absolute atomic E-state index is 0.185. The average molecular weight is 515 g/mol. The van der Waals surface area contributed by atoms with Crippen LogP contribution in [0.2, 0.25) is 0 Å². The first-order valence-electron chi connectivity index (χ1n) is 13.5.